The first-order valence-corrected chi connectivity index (χ1v) is 8.79. The first-order valence-electron chi connectivity index (χ1n) is 8.79. The molecule has 0 saturated heterocycles. The van der Waals surface area contributed by atoms with Gasteiger partial charge in [0.15, 0.2) is 0 Å². The van der Waals surface area contributed by atoms with Crippen LogP contribution in [0.3, 0.4) is 0 Å². The monoisotopic (exact) mass is 277 g/mol. The van der Waals surface area contributed by atoms with Gasteiger partial charge in [-0.15, -0.1) is 0 Å². The second-order valence-corrected chi connectivity index (χ2v) is 7.23. The van der Waals surface area contributed by atoms with E-state index in [9.17, 15) is 10.4 Å². The highest BCUT2D eigenvalue weighted by Gasteiger charge is 2.50. The second kappa shape index (κ2) is 6.94. The van der Waals surface area contributed by atoms with Crippen molar-refractivity contribution in [3.63, 3.8) is 0 Å². The van der Waals surface area contributed by atoms with Gasteiger partial charge in [-0.3, -0.25) is 0 Å². The quantitative estimate of drug-likeness (QED) is 0.741. The van der Waals surface area contributed by atoms with Gasteiger partial charge in [-0.25, -0.2) is 0 Å². The molecule has 2 saturated carbocycles. The molecule has 0 spiro atoms. The Morgan fingerprint density at radius 1 is 1.00 bits per heavy atom. The molecule has 1 N–H and O–H groups in total. The van der Waals surface area contributed by atoms with Crippen molar-refractivity contribution in [2.45, 2.75) is 96.0 Å². The molecular weight excluding hydrogens is 246 g/mol. The van der Waals surface area contributed by atoms with Crippen molar-refractivity contribution < 1.29 is 5.11 Å². The molecule has 0 aromatic heterocycles. The molecule has 0 amide bonds. The molecule has 2 heteroatoms. The highest BCUT2D eigenvalue weighted by atomic mass is 16.3. The van der Waals surface area contributed by atoms with Crippen LogP contribution in [0.15, 0.2) is 0 Å². The average Bonchev–Trinajstić information content (AvgIpc) is 2.80. The van der Waals surface area contributed by atoms with Crippen molar-refractivity contribution in [2.75, 3.05) is 0 Å². The minimum atomic E-state index is -0.714. The molecule has 2 aliphatic carbocycles. The predicted molar refractivity (Wildman–Crippen MR) is 82.2 cm³/mol. The molecule has 0 aromatic rings. The van der Waals surface area contributed by atoms with Crippen molar-refractivity contribution in [2.24, 2.45) is 11.3 Å². The zero-order chi connectivity index (χ0) is 14.5. The third-order valence-electron chi connectivity index (χ3n) is 5.93. The molecule has 2 fully saturated rings. The molecule has 2 atom stereocenters. The molecule has 2 aliphatic rings. The molecule has 0 bridgehead atoms. The smallest absolute Gasteiger partial charge is 0.0860 e. The van der Waals surface area contributed by atoms with Crippen molar-refractivity contribution in [3.8, 4) is 6.07 Å². The van der Waals surface area contributed by atoms with Gasteiger partial charge in [0, 0.05) is 0 Å². The van der Waals surface area contributed by atoms with E-state index in [1.165, 1.54) is 32.1 Å². The summed E-state index contributed by atoms with van der Waals surface area (Å²) in [5.41, 5.74) is -1.17. The van der Waals surface area contributed by atoms with Crippen LogP contribution in [0.25, 0.3) is 0 Å². The normalized spacial score (nSPS) is 34.8. The Bertz CT molecular complexity index is 338. The Morgan fingerprint density at radius 2 is 1.70 bits per heavy atom. The molecule has 0 aliphatic heterocycles. The molecule has 2 unspecified atom stereocenters. The van der Waals surface area contributed by atoms with E-state index in [4.69, 9.17) is 0 Å². The van der Waals surface area contributed by atoms with Gasteiger partial charge in [-0.1, -0.05) is 58.3 Å². The molecule has 20 heavy (non-hydrogen) atoms. The minimum absolute atomic E-state index is 0.454. The van der Waals surface area contributed by atoms with Crippen LogP contribution in [0.1, 0.15) is 90.4 Å². The Morgan fingerprint density at radius 3 is 2.30 bits per heavy atom. The van der Waals surface area contributed by atoms with Gasteiger partial charge in [-0.2, -0.15) is 5.26 Å². The lowest BCUT2D eigenvalue weighted by Crippen LogP contribution is -2.47. The summed E-state index contributed by atoms with van der Waals surface area (Å²) < 4.78 is 0. The second-order valence-electron chi connectivity index (χ2n) is 7.23. The van der Waals surface area contributed by atoms with E-state index in [0.717, 1.165) is 57.3 Å². The summed E-state index contributed by atoms with van der Waals surface area (Å²) in [6.45, 7) is 2.25. The Kier molecular flexibility index (Phi) is 5.49. The predicted octanol–water partition coefficient (Wildman–Crippen LogP) is 4.96. The topological polar surface area (TPSA) is 44.0 Å². The maximum Gasteiger partial charge on any atom is 0.0860 e. The van der Waals surface area contributed by atoms with Gasteiger partial charge in [-0.05, 0) is 38.0 Å². The van der Waals surface area contributed by atoms with Crippen LogP contribution in [-0.4, -0.2) is 10.7 Å². The van der Waals surface area contributed by atoms with Crippen LogP contribution >= 0.6 is 0 Å². The highest BCUT2D eigenvalue weighted by molar-refractivity contribution is 5.12. The van der Waals surface area contributed by atoms with Crippen LogP contribution in [-0.2, 0) is 0 Å². The molecule has 0 radical (unpaired) electrons. The number of hydrogen-bond acceptors (Lipinski definition) is 2. The molecule has 114 valence electrons. The zero-order valence-corrected chi connectivity index (χ0v) is 13.2. The fraction of sp³-hybridized carbons (Fsp3) is 0.944. The summed E-state index contributed by atoms with van der Waals surface area (Å²) in [5, 5.41) is 21.2. The maximum absolute atomic E-state index is 11.3. The average molecular weight is 277 g/mol. The minimum Gasteiger partial charge on any atom is -0.388 e. The van der Waals surface area contributed by atoms with Crippen molar-refractivity contribution in [1.82, 2.24) is 0 Å². The molecule has 0 aromatic carbocycles. The largest absolute Gasteiger partial charge is 0.388 e. The fourth-order valence-corrected chi connectivity index (χ4v) is 4.58. The van der Waals surface area contributed by atoms with Crippen LogP contribution < -0.4 is 0 Å². The van der Waals surface area contributed by atoms with E-state index in [1.807, 2.05) is 0 Å². The summed E-state index contributed by atoms with van der Waals surface area (Å²) in [6, 6.07) is 2.59. The van der Waals surface area contributed by atoms with E-state index in [-0.39, 0.29) is 0 Å². The summed E-state index contributed by atoms with van der Waals surface area (Å²) in [5.74, 6) is 0.774. The van der Waals surface area contributed by atoms with E-state index >= 15 is 0 Å². The lowest BCUT2D eigenvalue weighted by molar-refractivity contribution is -0.0753. The van der Waals surface area contributed by atoms with Gasteiger partial charge in [0.2, 0.25) is 0 Å². The summed E-state index contributed by atoms with van der Waals surface area (Å²) in [4.78, 5) is 0. The summed E-state index contributed by atoms with van der Waals surface area (Å²) in [6.07, 6.45) is 14.2. The van der Waals surface area contributed by atoms with Gasteiger partial charge < -0.3 is 5.11 Å². The maximum atomic E-state index is 11.3. The summed E-state index contributed by atoms with van der Waals surface area (Å²) >= 11 is 0. The Hall–Kier alpha value is -0.550. The van der Waals surface area contributed by atoms with Crippen LogP contribution in [0, 0.1) is 22.7 Å². The van der Waals surface area contributed by atoms with Gasteiger partial charge in [0.1, 0.15) is 0 Å². The third kappa shape index (κ3) is 3.19. The molecular formula is C18H31NO. The van der Waals surface area contributed by atoms with Crippen LogP contribution in [0.2, 0.25) is 0 Å². The standard InChI is InChI=1S/C18H31NO/c1-2-8-16-9-7-13-18(20,14-10-16)17(15-19)11-5-3-4-6-12-17/h16,20H,2-14H2,1H3. The number of nitrogens with zero attached hydrogens (tertiary/aromatic N) is 1. The van der Waals surface area contributed by atoms with E-state index in [0.29, 0.717) is 0 Å². The SMILES string of the molecule is CCCC1CCCC(O)(C2(C#N)CCCCCC2)CC1. The van der Waals surface area contributed by atoms with Crippen LogP contribution in [0.4, 0.5) is 0 Å². The van der Waals surface area contributed by atoms with Gasteiger partial charge in [0.25, 0.3) is 0 Å². The van der Waals surface area contributed by atoms with Crippen molar-refractivity contribution >= 4 is 0 Å². The number of rotatable bonds is 3. The molecule has 0 heterocycles. The number of nitriles is 1. The Balaban J connectivity index is 2.13. The number of hydrogen-bond donors (Lipinski definition) is 1. The van der Waals surface area contributed by atoms with Crippen molar-refractivity contribution in [1.29, 1.82) is 5.26 Å². The first-order chi connectivity index (χ1) is 9.66. The van der Waals surface area contributed by atoms with E-state index in [2.05, 4.69) is 13.0 Å². The fourth-order valence-electron chi connectivity index (χ4n) is 4.58. The Labute approximate surface area is 124 Å². The zero-order valence-electron chi connectivity index (χ0n) is 13.2. The third-order valence-corrected chi connectivity index (χ3v) is 5.93. The lowest BCUT2D eigenvalue weighted by atomic mass is 9.64. The lowest BCUT2D eigenvalue weighted by Gasteiger charge is -2.42. The summed E-state index contributed by atoms with van der Waals surface area (Å²) in [7, 11) is 0. The van der Waals surface area contributed by atoms with E-state index < -0.39 is 11.0 Å². The molecule has 2 rings (SSSR count). The van der Waals surface area contributed by atoms with Crippen molar-refractivity contribution in [3.05, 3.63) is 0 Å². The van der Waals surface area contributed by atoms with E-state index in [1.54, 1.807) is 0 Å². The molecule has 2 nitrogen and oxygen atoms in total. The van der Waals surface area contributed by atoms with Gasteiger partial charge in [0.05, 0.1) is 17.1 Å². The van der Waals surface area contributed by atoms with Crippen LogP contribution in [0.5, 0.6) is 0 Å². The number of aliphatic hydroxyl groups is 1. The van der Waals surface area contributed by atoms with Gasteiger partial charge >= 0.3 is 0 Å². The first kappa shape index (κ1) is 15.8. The highest BCUT2D eigenvalue weighted by Crippen LogP contribution is 2.50.